The van der Waals surface area contributed by atoms with Crippen LogP contribution in [0.3, 0.4) is 0 Å². The Kier molecular flexibility index (Phi) is 5.88. The Morgan fingerprint density at radius 2 is 2.11 bits per heavy atom. The second kappa shape index (κ2) is 7.70. The molecular weight excluding hydrogens is 242 g/mol. The van der Waals surface area contributed by atoms with Crippen molar-refractivity contribution in [2.45, 2.75) is 37.0 Å². The highest BCUT2D eigenvalue weighted by atomic mass is 32.2. The molecule has 0 heterocycles. The van der Waals surface area contributed by atoms with Gasteiger partial charge in [-0.3, -0.25) is 0 Å². The summed E-state index contributed by atoms with van der Waals surface area (Å²) < 4.78 is 5.68. The molecule has 2 nitrogen and oxygen atoms in total. The summed E-state index contributed by atoms with van der Waals surface area (Å²) in [6, 6.07) is 10.7. The fraction of sp³-hybridized carbons (Fsp3) is 0.600. The van der Waals surface area contributed by atoms with E-state index in [9.17, 15) is 0 Å². The van der Waals surface area contributed by atoms with Gasteiger partial charge in [-0.25, -0.2) is 0 Å². The number of benzene rings is 1. The lowest BCUT2D eigenvalue weighted by Crippen LogP contribution is -2.37. The highest BCUT2D eigenvalue weighted by Gasteiger charge is 2.20. The van der Waals surface area contributed by atoms with Crippen LogP contribution in [-0.4, -0.2) is 30.7 Å². The van der Waals surface area contributed by atoms with Gasteiger partial charge in [0.25, 0.3) is 0 Å². The van der Waals surface area contributed by atoms with Gasteiger partial charge in [-0.1, -0.05) is 24.6 Å². The summed E-state index contributed by atoms with van der Waals surface area (Å²) in [6.07, 6.45) is 7.61. The zero-order valence-electron chi connectivity index (χ0n) is 11.1. The molecule has 0 saturated heterocycles. The molecular formula is C15H23NOS. The van der Waals surface area contributed by atoms with Crippen LogP contribution in [0.2, 0.25) is 0 Å². The minimum absolute atomic E-state index is 0.690. The van der Waals surface area contributed by atoms with Crippen LogP contribution in [0, 0.1) is 0 Å². The summed E-state index contributed by atoms with van der Waals surface area (Å²) in [5.41, 5.74) is 0. The van der Waals surface area contributed by atoms with Crippen molar-refractivity contribution in [3.05, 3.63) is 30.3 Å². The highest BCUT2D eigenvalue weighted by Crippen LogP contribution is 2.26. The quantitative estimate of drug-likeness (QED) is 0.797. The molecule has 0 amide bonds. The maximum Gasteiger partial charge on any atom is 0.119 e. The van der Waals surface area contributed by atoms with Crippen molar-refractivity contribution in [1.82, 2.24) is 5.32 Å². The molecule has 100 valence electrons. The molecule has 1 saturated carbocycles. The van der Waals surface area contributed by atoms with Crippen molar-refractivity contribution in [3.8, 4) is 5.75 Å². The SMILES string of the molecule is CSC1CCCC(NCCOc2ccccc2)C1. The van der Waals surface area contributed by atoms with E-state index < -0.39 is 0 Å². The monoisotopic (exact) mass is 265 g/mol. The minimum Gasteiger partial charge on any atom is -0.492 e. The fourth-order valence-corrected chi connectivity index (χ4v) is 3.32. The van der Waals surface area contributed by atoms with E-state index in [1.165, 1.54) is 25.7 Å². The first-order valence-corrected chi connectivity index (χ1v) is 8.11. The van der Waals surface area contributed by atoms with E-state index in [4.69, 9.17) is 4.74 Å². The van der Waals surface area contributed by atoms with Crippen molar-refractivity contribution >= 4 is 11.8 Å². The van der Waals surface area contributed by atoms with Crippen LogP contribution in [0.15, 0.2) is 30.3 Å². The maximum atomic E-state index is 5.68. The summed E-state index contributed by atoms with van der Waals surface area (Å²) in [6.45, 7) is 1.70. The number of ether oxygens (including phenoxy) is 1. The third-order valence-corrected chi connectivity index (χ3v) is 4.60. The van der Waals surface area contributed by atoms with E-state index in [1.807, 2.05) is 42.1 Å². The molecule has 2 atom stereocenters. The zero-order valence-corrected chi connectivity index (χ0v) is 11.9. The van der Waals surface area contributed by atoms with E-state index >= 15 is 0 Å². The third-order valence-electron chi connectivity index (χ3n) is 3.51. The lowest BCUT2D eigenvalue weighted by atomic mass is 9.95. The Bertz CT molecular complexity index is 331. The fourth-order valence-electron chi connectivity index (χ4n) is 2.49. The van der Waals surface area contributed by atoms with Crippen molar-refractivity contribution in [3.63, 3.8) is 0 Å². The summed E-state index contributed by atoms with van der Waals surface area (Å²) in [7, 11) is 0. The van der Waals surface area contributed by atoms with E-state index in [1.54, 1.807) is 0 Å². The van der Waals surface area contributed by atoms with Crippen molar-refractivity contribution in [2.24, 2.45) is 0 Å². The topological polar surface area (TPSA) is 21.3 Å². The summed E-state index contributed by atoms with van der Waals surface area (Å²) in [4.78, 5) is 0. The van der Waals surface area contributed by atoms with Gasteiger partial charge in [-0.15, -0.1) is 0 Å². The number of para-hydroxylation sites is 1. The largest absolute Gasteiger partial charge is 0.492 e. The van der Waals surface area contributed by atoms with E-state index in [0.717, 1.165) is 24.2 Å². The molecule has 1 aromatic rings. The lowest BCUT2D eigenvalue weighted by Gasteiger charge is -2.28. The molecule has 0 aliphatic heterocycles. The molecule has 0 radical (unpaired) electrons. The number of hydrogen-bond acceptors (Lipinski definition) is 3. The standard InChI is InChI=1S/C15H23NOS/c1-18-15-9-5-6-13(12-15)16-10-11-17-14-7-3-2-4-8-14/h2-4,7-8,13,15-16H,5-6,9-12H2,1H3. The molecule has 0 spiro atoms. The van der Waals surface area contributed by atoms with Crippen LogP contribution in [0.4, 0.5) is 0 Å². The van der Waals surface area contributed by atoms with Crippen LogP contribution in [-0.2, 0) is 0 Å². The molecule has 1 fully saturated rings. The minimum atomic E-state index is 0.690. The molecule has 0 bridgehead atoms. The molecule has 2 unspecified atom stereocenters. The number of thioether (sulfide) groups is 1. The Balaban J connectivity index is 1.60. The molecule has 1 aliphatic carbocycles. The number of rotatable bonds is 6. The van der Waals surface area contributed by atoms with Crippen LogP contribution >= 0.6 is 11.8 Å². The molecule has 0 aromatic heterocycles. The second-order valence-corrected chi connectivity index (χ2v) is 5.97. The number of hydrogen-bond donors (Lipinski definition) is 1. The molecule has 1 N–H and O–H groups in total. The van der Waals surface area contributed by atoms with Gasteiger partial charge < -0.3 is 10.1 Å². The van der Waals surface area contributed by atoms with Crippen molar-refractivity contribution < 1.29 is 4.74 Å². The average Bonchev–Trinajstić information content (AvgIpc) is 2.45. The first-order chi connectivity index (χ1) is 8.88. The summed E-state index contributed by atoms with van der Waals surface area (Å²) in [5.74, 6) is 0.963. The molecule has 1 aromatic carbocycles. The Hall–Kier alpha value is -0.670. The van der Waals surface area contributed by atoms with Gasteiger partial charge in [0, 0.05) is 17.8 Å². The molecule has 2 rings (SSSR count). The second-order valence-electron chi connectivity index (χ2n) is 4.84. The Morgan fingerprint density at radius 1 is 1.28 bits per heavy atom. The van der Waals surface area contributed by atoms with Crippen LogP contribution in [0.25, 0.3) is 0 Å². The molecule has 18 heavy (non-hydrogen) atoms. The molecule has 3 heteroatoms. The van der Waals surface area contributed by atoms with E-state index in [0.29, 0.717) is 6.04 Å². The normalized spacial score (nSPS) is 23.8. The van der Waals surface area contributed by atoms with Crippen molar-refractivity contribution in [1.29, 1.82) is 0 Å². The maximum absolute atomic E-state index is 5.68. The van der Waals surface area contributed by atoms with Crippen LogP contribution in [0.5, 0.6) is 5.75 Å². The van der Waals surface area contributed by atoms with Gasteiger partial charge in [-0.05, 0) is 37.7 Å². The van der Waals surface area contributed by atoms with Gasteiger partial charge in [-0.2, -0.15) is 11.8 Å². The first kappa shape index (κ1) is 13.8. The van der Waals surface area contributed by atoms with Gasteiger partial charge in [0.2, 0.25) is 0 Å². The summed E-state index contributed by atoms with van der Waals surface area (Å²) in [5, 5.41) is 4.47. The Labute approximate surface area is 114 Å². The van der Waals surface area contributed by atoms with Gasteiger partial charge >= 0.3 is 0 Å². The average molecular weight is 265 g/mol. The van der Waals surface area contributed by atoms with E-state index in [2.05, 4.69) is 11.6 Å². The van der Waals surface area contributed by atoms with Gasteiger partial charge in [0.05, 0.1) is 0 Å². The number of nitrogens with one attached hydrogen (secondary N) is 1. The van der Waals surface area contributed by atoms with Gasteiger partial charge in [0.15, 0.2) is 0 Å². The first-order valence-electron chi connectivity index (χ1n) is 6.82. The zero-order chi connectivity index (χ0) is 12.6. The van der Waals surface area contributed by atoms with E-state index in [-0.39, 0.29) is 0 Å². The van der Waals surface area contributed by atoms with Crippen LogP contribution in [0.1, 0.15) is 25.7 Å². The third kappa shape index (κ3) is 4.54. The lowest BCUT2D eigenvalue weighted by molar-refractivity contribution is 0.291. The van der Waals surface area contributed by atoms with Gasteiger partial charge in [0.1, 0.15) is 12.4 Å². The predicted octanol–water partition coefficient (Wildman–Crippen LogP) is 3.33. The van der Waals surface area contributed by atoms with Crippen molar-refractivity contribution in [2.75, 3.05) is 19.4 Å². The summed E-state index contributed by atoms with van der Waals surface area (Å²) >= 11 is 2.01. The van der Waals surface area contributed by atoms with Crippen LogP contribution < -0.4 is 10.1 Å². The predicted molar refractivity (Wildman–Crippen MR) is 79.5 cm³/mol. The Morgan fingerprint density at radius 3 is 2.89 bits per heavy atom. The highest BCUT2D eigenvalue weighted by molar-refractivity contribution is 7.99. The molecule has 1 aliphatic rings. The smallest absolute Gasteiger partial charge is 0.119 e.